The molecule has 1 aromatic rings. The summed E-state index contributed by atoms with van der Waals surface area (Å²) >= 11 is 0.950. The minimum absolute atomic E-state index is 0.0548. The molecule has 0 spiro atoms. The van der Waals surface area contributed by atoms with E-state index in [1.54, 1.807) is 6.92 Å². The molecule has 0 aliphatic carbocycles. The van der Waals surface area contributed by atoms with E-state index in [2.05, 4.69) is 19.1 Å². The van der Waals surface area contributed by atoms with Crippen LogP contribution in [-0.4, -0.2) is 38.4 Å². The molecule has 8 heteroatoms. The Morgan fingerprint density at radius 2 is 2.40 bits per heavy atom. The molecule has 0 saturated heterocycles. The summed E-state index contributed by atoms with van der Waals surface area (Å²) in [5, 5.41) is 4.79. The van der Waals surface area contributed by atoms with Crippen LogP contribution in [0.4, 0.5) is 0 Å². The highest BCUT2D eigenvalue weighted by Gasteiger charge is 2.33. The third kappa shape index (κ3) is 2.52. The first-order chi connectivity index (χ1) is 7.20. The predicted octanol–water partition coefficient (Wildman–Crippen LogP) is -0.0453. The molecule has 0 aliphatic heterocycles. The van der Waals surface area contributed by atoms with Crippen LogP contribution >= 0.6 is 11.5 Å². The number of carbonyl (C=O) groups excluding carboxylic acids is 2. The number of ketones is 1. The van der Waals surface area contributed by atoms with E-state index in [0.717, 1.165) is 11.5 Å². The molecular formula is C7H6N4O3S. The zero-order valence-corrected chi connectivity index (χ0v) is 8.52. The number of ether oxygens (including phenoxy) is 1. The molecule has 0 radical (unpaired) electrons. The molecule has 15 heavy (non-hydrogen) atoms. The Morgan fingerprint density at radius 1 is 1.67 bits per heavy atom. The van der Waals surface area contributed by atoms with E-state index in [1.165, 1.54) is 5.38 Å². The summed E-state index contributed by atoms with van der Waals surface area (Å²) in [4.78, 5) is 25.2. The maximum atomic E-state index is 11.5. The first-order valence-corrected chi connectivity index (χ1v) is 4.75. The zero-order chi connectivity index (χ0) is 11.3. The van der Waals surface area contributed by atoms with Gasteiger partial charge < -0.3 is 10.3 Å². The van der Waals surface area contributed by atoms with Crippen molar-refractivity contribution < 1.29 is 19.1 Å². The van der Waals surface area contributed by atoms with Crippen molar-refractivity contribution in [3.63, 3.8) is 0 Å². The van der Waals surface area contributed by atoms with E-state index < -0.39 is 17.5 Å². The summed E-state index contributed by atoms with van der Waals surface area (Å²) in [5.41, 5.74) is 7.75. The molecule has 78 valence electrons. The van der Waals surface area contributed by atoms with E-state index in [0.29, 0.717) is 0 Å². The van der Waals surface area contributed by atoms with Gasteiger partial charge in [-0.25, -0.2) is 4.79 Å². The van der Waals surface area contributed by atoms with Gasteiger partial charge in [-0.15, -0.1) is 5.10 Å². The van der Waals surface area contributed by atoms with Crippen LogP contribution in [0.15, 0.2) is 5.38 Å². The highest BCUT2D eigenvalue weighted by molar-refractivity contribution is 7.03. The van der Waals surface area contributed by atoms with Gasteiger partial charge in [0.1, 0.15) is 0 Å². The Balaban J connectivity index is 2.91. The average Bonchev–Trinajstić information content (AvgIpc) is 2.71. The molecule has 1 aromatic heterocycles. The van der Waals surface area contributed by atoms with Gasteiger partial charge in [-0.3, -0.25) is 4.79 Å². The summed E-state index contributed by atoms with van der Waals surface area (Å²) in [6.45, 7) is 1.65. The molecule has 0 amide bonds. The Morgan fingerprint density at radius 3 is 2.87 bits per heavy atom. The van der Waals surface area contributed by atoms with Gasteiger partial charge in [0.25, 0.3) is 0 Å². The van der Waals surface area contributed by atoms with Crippen molar-refractivity contribution in [3.8, 4) is 0 Å². The molecule has 0 saturated carbocycles. The average molecular weight is 226 g/mol. The second-order valence-electron chi connectivity index (χ2n) is 2.29. The molecule has 1 rings (SSSR count). The van der Waals surface area contributed by atoms with E-state index in [4.69, 9.17) is 5.53 Å². The molecule has 7 nitrogen and oxygen atoms in total. The first kappa shape index (κ1) is 11.2. The van der Waals surface area contributed by atoms with Crippen LogP contribution < -0.4 is 0 Å². The van der Waals surface area contributed by atoms with Gasteiger partial charge in [0.2, 0.25) is 0 Å². The standard InChI is InChI=1S/C7H6N4O3S/c1-2-14-7(13)5(9-8)6(12)4-3-15-11-10-4/h3H,2H2,1H3. The minimum atomic E-state index is -0.988. The van der Waals surface area contributed by atoms with Crippen molar-refractivity contribution in [2.75, 3.05) is 6.61 Å². The summed E-state index contributed by atoms with van der Waals surface area (Å²) < 4.78 is 7.97. The van der Waals surface area contributed by atoms with Crippen LogP contribution in [0, 0.1) is 0 Å². The molecular weight excluding hydrogens is 220 g/mol. The fourth-order valence-electron chi connectivity index (χ4n) is 0.763. The number of Topliss-reactive ketones (excluding diaryl/α,β-unsaturated/α-hetero) is 1. The smallest absolute Gasteiger partial charge is 0.448 e. The van der Waals surface area contributed by atoms with Crippen LogP contribution in [0.1, 0.15) is 17.4 Å². The summed E-state index contributed by atoms with van der Waals surface area (Å²) in [5.74, 6) is -1.80. The lowest BCUT2D eigenvalue weighted by Gasteiger charge is -1.94. The quantitative estimate of drug-likeness (QED) is 0.179. The van der Waals surface area contributed by atoms with Crippen LogP contribution in [0.5, 0.6) is 0 Å². The van der Waals surface area contributed by atoms with Crippen molar-refractivity contribution in [2.45, 2.75) is 6.92 Å². The van der Waals surface area contributed by atoms with Gasteiger partial charge in [-0.1, -0.05) is 4.49 Å². The fourth-order valence-corrected chi connectivity index (χ4v) is 1.20. The Kier molecular flexibility index (Phi) is 3.78. The summed E-state index contributed by atoms with van der Waals surface area (Å²) in [6, 6.07) is 0. The van der Waals surface area contributed by atoms with Gasteiger partial charge in [0, 0.05) is 5.38 Å². The Bertz CT molecular complexity index is 421. The molecule has 0 unspecified atom stereocenters. The van der Waals surface area contributed by atoms with E-state index in [1.807, 2.05) is 0 Å². The van der Waals surface area contributed by atoms with E-state index >= 15 is 0 Å². The van der Waals surface area contributed by atoms with Crippen molar-refractivity contribution in [1.29, 1.82) is 0 Å². The fraction of sp³-hybridized carbons (Fsp3) is 0.286. The number of esters is 1. The number of hydrogen-bond donors (Lipinski definition) is 0. The van der Waals surface area contributed by atoms with Crippen molar-refractivity contribution >= 4 is 29.0 Å². The van der Waals surface area contributed by atoms with Crippen molar-refractivity contribution in [2.24, 2.45) is 0 Å². The lowest BCUT2D eigenvalue weighted by Crippen LogP contribution is -2.27. The third-order valence-corrected chi connectivity index (χ3v) is 1.88. The van der Waals surface area contributed by atoms with Gasteiger partial charge in [0.15, 0.2) is 5.69 Å². The number of rotatable bonds is 4. The molecule has 1 heterocycles. The van der Waals surface area contributed by atoms with Crippen LogP contribution in [-0.2, 0) is 9.53 Å². The second kappa shape index (κ2) is 5.08. The Labute approximate surface area is 88.5 Å². The number of aromatic nitrogens is 2. The molecule has 0 atom stereocenters. The van der Waals surface area contributed by atoms with Crippen LogP contribution in [0.3, 0.4) is 0 Å². The van der Waals surface area contributed by atoms with Gasteiger partial charge in [0.05, 0.1) is 6.61 Å². The lowest BCUT2D eigenvalue weighted by atomic mass is 10.2. The van der Waals surface area contributed by atoms with E-state index in [-0.39, 0.29) is 12.3 Å². The van der Waals surface area contributed by atoms with Crippen molar-refractivity contribution in [1.82, 2.24) is 9.59 Å². The lowest BCUT2D eigenvalue weighted by molar-refractivity contribution is -0.139. The predicted molar refractivity (Wildman–Crippen MR) is 49.5 cm³/mol. The second-order valence-corrected chi connectivity index (χ2v) is 2.90. The van der Waals surface area contributed by atoms with Crippen LogP contribution in [0.25, 0.3) is 5.53 Å². The largest absolute Gasteiger partial charge is 0.457 e. The molecule has 0 fully saturated rings. The van der Waals surface area contributed by atoms with Crippen LogP contribution in [0.2, 0.25) is 0 Å². The maximum Gasteiger partial charge on any atom is 0.448 e. The Hall–Kier alpha value is -1.92. The molecule has 0 N–H and O–H groups in total. The number of carbonyl (C=O) groups is 2. The third-order valence-electron chi connectivity index (χ3n) is 1.38. The van der Waals surface area contributed by atoms with Gasteiger partial charge in [-0.2, -0.15) is 4.79 Å². The molecule has 0 bridgehead atoms. The van der Waals surface area contributed by atoms with Crippen molar-refractivity contribution in [3.05, 3.63) is 16.6 Å². The topological polar surface area (TPSA) is 106 Å². The van der Waals surface area contributed by atoms with E-state index in [9.17, 15) is 9.59 Å². The SMILES string of the molecule is CCOC(=O)C(=[N+]=[N-])C(=O)c1csnn1. The monoisotopic (exact) mass is 226 g/mol. The summed E-state index contributed by atoms with van der Waals surface area (Å²) in [7, 11) is 0. The number of hydrogen-bond acceptors (Lipinski definition) is 6. The minimum Gasteiger partial charge on any atom is -0.457 e. The number of nitrogens with zero attached hydrogens (tertiary/aromatic N) is 4. The normalized spacial score (nSPS) is 9.13. The summed E-state index contributed by atoms with van der Waals surface area (Å²) in [6.07, 6.45) is 0. The first-order valence-electron chi connectivity index (χ1n) is 3.91. The van der Waals surface area contributed by atoms with Gasteiger partial charge in [-0.05, 0) is 18.5 Å². The highest BCUT2D eigenvalue weighted by Crippen LogP contribution is 2.00. The zero-order valence-electron chi connectivity index (χ0n) is 7.71. The van der Waals surface area contributed by atoms with Gasteiger partial charge >= 0.3 is 17.5 Å². The molecule has 0 aromatic carbocycles. The highest BCUT2D eigenvalue weighted by atomic mass is 32.1. The molecule has 0 aliphatic rings. The maximum absolute atomic E-state index is 11.5.